The minimum absolute atomic E-state index is 0.0744. The van der Waals surface area contributed by atoms with Crippen LogP contribution in [-0.2, 0) is 25.0 Å². The maximum atomic E-state index is 11.0. The lowest BCUT2D eigenvalue weighted by molar-refractivity contribution is -0.119. The van der Waals surface area contributed by atoms with Gasteiger partial charge in [0, 0.05) is 36.6 Å². The van der Waals surface area contributed by atoms with Crippen molar-refractivity contribution in [1.82, 2.24) is 25.3 Å². The molecule has 1 aromatic carbocycles. The number of fused-ring (bicyclic) bond motifs is 1. The number of halogens is 1. The zero-order valence-electron chi connectivity index (χ0n) is 12.8. The fraction of sp³-hybridized carbons (Fsp3) is 0.267. The minimum atomic E-state index is -0.0744. The average molecular weight is 334 g/mol. The molecule has 8 heteroatoms. The van der Waals surface area contributed by atoms with Gasteiger partial charge in [0.05, 0.1) is 17.8 Å². The number of carbonyl (C=O) groups excluding carboxylic acids is 1. The molecule has 120 valence electrons. The monoisotopic (exact) mass is 333 g/mol. The van der Waals surface area contributed by atoms with Crippen molar-refractivity contribution in [3.05, 3.63) is 40.8 Å². The highest BCUT2D eigenvalue weighted by Crippen LogP contribution is 2.30. The van der Waals surface area contributed by atoms with Crippen molar-refractivity contribution in [2.75, 3.05) is 0 Å². The number of H-pyrrole nitrogens is 1. The van der Waals surface area contributed by atoms with E-state index in [2.05, 4.69) is 20.5 Å². The van der Waals surface area contributed by atoms with E-state index in [1.807, 2.05) is 18.2 Å². The first-order chi connectivity index (χ1) is 11.0. The summed E-state index contributed by atoms with van der Waals surface area (Å²) in [7, 11) is 1.75. The third-order valence-electron chi connectivity index (χ3n) is 3.28. The Morgan fingerprint density at radius 3 is 2.96 bits per heavy atom. The second kappa shape index (κ2) is 6.29. The fourth-order valence-corrected chi connectivity index (χ4v) is 2.45. The van der Waals surface area contributed by atoms with E-state index in [0.717, 1.165) is 22.3 Å². The molecule has 7 nitrogen and oxygen atoms in total. The van der Waals surface area contributed by atoms with Gasteiger partial charge in [-0.3, -0.25) is 4.79 Å². The Hall–Kier alpha value is -2.54. The molecule has 0 aliphatic heterocycles. The Morgan fingerprint density at radius 1 is 1.43 bits per heavy atom. The van der Waals surface area contributed by atoms with Crippen LogP contribution in [-0.4, -0.2) is 25.9 Å². The number of aromatic nitrogens is 4. The summed E-state index contributed by atoms with van der Waals surface area (Å²) in [6.07, 6.45) is 1.65. The molecule has 0 radical (unpaired) electrons. The number of aryl methyl sites for hydroxylation is 1. The van der Waals surface area contributed by atoms with Crippen molar-refractivity contribution >= 4 is 28.4 Å². The van der Waals surface area contributed by atoms with Gasteiger partial charge in [0.15, 0.2) is 0 Å². The van der Waals surface area contributed by atoms with Crippen LogP contribution in [0, 0.1) is 0 Å². The molecule has 2 aromatic heterocycles. The summed E-state index contributed by atoms with van der Waals surface area (Å²) in [5, 5.41) is 12.4. The standard InChI is InChI=1S/C15H16ClN5O2/c1-9(22)17-6-11-3-10-4-13(16)15(5-14(10)19-11)23-8-12-7-18-21(2)20-12/h3-5,7,19H,6,8H2,1-2H3,(H,17,22). The number of ether oxygens (including phenoxy) is 1. The van der Waals surface area contributed by atoms with Crippen molar-refractivity contribution in [2.45, 2.75) is 20.1 Å². The number of nitrogens with zero attached hydrogens (tertiary/aromatic N) is 3. The molecule has 0 atom stereocenters. The molecule has 1 amide bonds. The number of nitrogens with one attached hydrogen (secondary N) is 2. The highest BCUT2D eigenvalue weighted by atomic mass is 35.5. The predicted octanol–water partition coefficient (Wildman–Crippen LogP) is 2.16. The van der Waals surface area contributed by atoms with Gasteiger partial charge >= 0.3 is 0 Å². The number of rotatable bonds is 5. The van der Waals surface area contributed by atoms with E-state index < -0.39 is 0 Å². The van der Waals surface area contributed by atoms with Crippen LogP contribution in [0.3, 0.4) is 0 Å². The molecule has 0 fully saturated rings. The Labute approximate surface area is 137 Å². The van der Waals surface area contributed by atoms with Gasteiger partial charge in [-0.15, -0.1) is 0 Å². The first kappa shape index (κ1) is 15.4. The Bertz CT molecular complexity index is 855. The van der Waals surface area contributed by atoms with Crippen LogP contribution >= 0.6 is 11.6 Å². The maximum absolute atomic E-state index is 11.0. The van der Waals surface area contributed by atoms with E-state index in [4.69, 9.17) is 16.3 Å². The van der Waals surface area contributed by atoms with E-state index in [1.54, 1.807) is 13.2 Å². The number of amides is 1. The quantitative estimate of drug-likeness (QED) is 0.749. The second-order valence-electron chi connectivity index (χ2n) is 5.19. The lowest BCUT2D eigenvalue weighted by Gasteiger charge is -2.06. The summed E-state index contributed by atoms with van der Waals surface area (Å²) in [4.78, 5) is 15.7. The third-order valence-corrected chi connectivity index (χ3v) is 3.57. The van der Waals surface area contributed by atoms with Crippen molar-refractivity contribution in [1.29, 1.82) is 0 Å². The smallest absolute Gasteiger partial charge is 0.217 e. The van der Waals surface area contributed by atoms with E-state index in [9.17, 15) is 4.79 Å². The van der Waals surface area contributed by atoms with E-state index in [0.29, 0.717) is 23.9 Å². The maximum Gasteiger partial charge on any atom is 0.217 e. The molecular formula is C15H16ClN5O2. The third kappa shape index (κ3) is 3.62. The number of hydrogen-bond acceptors (Lipinski definition) is 4. The molecule has 2 heterocycles. The minimum Gasteiger partial charge on any atom is -0.486 e. The Morgan fingerprint density at radius 2 is 2.26 bits per heavy atom. The van der Waals surface area contributed by atoms with Gasteiger partial charge in [0.25, 0.3) is 0 Å². The lowest BCUT2D eigenvalue weighted by Crippen LogP contribution is -2.18. The van der Waals surface area contributed by atoms with Gasteiger partial charge in [0.2, 0.25) is 5.91 Å². The predicted molar refractivity (Wildman–Crippen MR) is 86.2 cm³/mol. The second-order valence-corrected chi connectivity index (χ2v) is 5.60. The normalized spacial score (nSPS) is 10.9. The van der Waals surface area contributed by atoms with Crippen molar-refractivity contribution in [3.8, 4) is 5.75 Å². The van der Waals surface area contributed by atoms with E-state index in [-0.39, 0.29) is 5.91 Å². The molecule has 0 spiro atoms. The summed E-state index contributed by atoms with van der Waals surface area (Å²) >= 11 is 6.26. The highest BCUT2D eigenvalue weighted by molar-refractivity contribution is 6.32. The van der Waals surface area contributed by atoms with E-state index >= 15 is 0 Å². The van der Waals surface area contributed by atoms with Crippen LogP contribution in [0.5, 0.6) is 5.75 Å². The van der Waals surface area contributed by atoms with Crippen LogP contribution in [0.2, 0.25) is 5.02 Å². The summed E-state index contributed by atoms with van der Waals surface area (Å²) in [6, 6.07) is 5.62. The average Bonchev–Trinajstić information content (AvgIpc) is 3.08. The first-order valence-corrected chi connectivity index (χ1v) is 7.42. The number of aromatic amines is 1. The molecule has 3 rings (SSSR count). The van der Waals surface area contributed by atoms with Gasteiger partial charge in [-0.05, 0) is 12.1 Å². The van der Waals surface area contributed by atoms with Gasteiger partial charge in [-0.25, -0.2) is 0 Å². The molecule has 2 N–H and O–H groups in total. The van der Waals surface area contributed by atoms with Crippen LogP contribution in [0.25, 0.3) is 10.9 Å². The SMILES string of the molecule is CC(=O)NCc1cc2cc(Cl)c(OCc3cnn(C)n3)cc2[nH]1. The number of carbonyl (C=O) groups is 1. The summed E-state index contributed by atoms with van der Waals surface area (Å²) in [6.45, 7) is 2.22. The molecule has 3 aromatic rings. The number of benzene rings is 1. The summed E-state index contributed by atoms with van der Waals surface area (Å²) < 4.78 is 5.71. The molecule has 0 unspecified atom stereocenters. The van der Waals surface area contributed by atoms with Crippen molar-refractivity contribution in [2.24, 2.45) is 7.05 Å². The molecule has 0 aliphatic rings. The highest BCUT2D eigenvalue weighted by Gasteiger charge is 2.09. The summed E-state index contributed by atoms with van der Waals surface area (Å²) in [5.41, 5.74) is 2.52. The van der Waals surface area contributed by atoms with Crippen LogP contribution in [0.1, 0.15) is 18.3 Å². The molecular weight excluding hydrogens is 318 g/mol. The van der Waals surface area contributed by atoms with Crippen LogP contribution < -0.4 is 10.1 Å². The van der Waals surface area contributed by atoms with E-state index in [1.165, 1.54) is 11.7 Å². The number of hydrogen-bond donors (Lipinski definition) is 2. The van der Waals surface area contributed by atoms with Crippen LogP contribution in [0.15, 0.2) is 24.4 Å². The van der Waals surface area contributed by atoms with Crippen molar-refractivity contribution < 1.29 is 9.53 Å². The zero-order chi connectivity index (χ0) is 16.4. The van der Waals surface area contributed by atoms with Gasteiger partial charge < -0.3 is 15.0 Å². The molecule has 0 bridgehead atoms. The zero-order valence-corrected chi connectivity index (χ0v) is 13.5. The largest absolute Gasteiger partial charge is 0.486 e. The molecule has 0 saturated heterocycles. The Balaban J connectivity index is 1.77. The van der Waals surface area contributed by atoms with Crippen LogP contribution in [0.4, 0.5) is 0 Å². The van der Waals surface area contributed by atoms with Gasteiger partial charge in [-0.1, -0.05) is 11.6 Å². The molecule has 0 saturated carbocycles. The molecule has 23 heavy (non-hydrogen) atoms. The summed E-state index contributed by atoms with van der Waals surface area (Å²) in [5.74, 6) is 0.493. The van der Waals surface area contributed by atoms with Gasteiger partial charge in [-0.2, -0.15) is 15.0 Å². The van der Waals surface area contributed by atoms with Crippen molar-refractivity contribution in [3.63, 3.8) is 0 Å². The fourth-order valence-electron chi connectivity index (χ4n) is 2.22. The Kier molecular flexibility index (Phi) is 4.20. The topological polar surface area (TPSA) is 84.8 Å². The first-order valence-electron chi connectivity index (χ1n) is 7.05. The van der Waals surface area contributed by atoms with Gasteiger partial charge in [0.1, 0.15) is 18.1 Å². The molecule has 0 aliphatic carbocycles. The lowest BCUT2D eigenvalue weighted by atomic mass is 10.2.